The first-order chi connectivity index (χ1) is 12.8. The molecule has 4 rings (SSSR count). The molecule has 2 aliphatic heterocycles. The van der Waals surface area contributed by atoms with E-state index in [1.54, 1.807) is 0 Å². The fourth-order valence-electron chi connectivity index (χ4n) is 3.67. The molecule has 0 spiro atoms. The van der Waals surface area contributed by atoms with Crippen LogP contribution in [-0.2, 0) is 0 Å². The summed E-state index contributed by atoms with van der Waals surface area (Å²) in [5.74, 6) is 0.784. The number of anilines is 1. The molecule has 0 aromatic heterocycles. The quantitative estimate of drug-likeness (QED) is 0.830. The van der Waals surface area contributed by atoms with Gasteiger partial charge < -0.3 is 14.5 Å². The summed E-state index contributed by atoms with van der Waals surface area (Å²) in [6.07, 6.45) is 0.975. The summed E-state index contributed by atoms with van der Waals surface area (Å²) in [6, 6.07) is 18.1. The number of amides is 1. The normalized spacial score (nSPS) is 17.8. The summed E-state index contributed by atoms with van der Waals surface area (Å²) in [6.45, 7) is 6.38. The maximum Gasteiger partial charge on any atom is 0.260 e. The van der Waals surface area contributed by atoms with Gasteiger partial charge in [0.05, 0.1) is 5.56 Å². The molecule has 0 unspecified atom stereocenters. The number of benzene rings is 2. The Kier molecular flexibility index (Phi) is 5.07. The van der Waals surface area contributed by atoms with E-state index in [1.807, 2.05) is 29.2 Å². The van der Waals surface area contributed by atoms with Gasteiger partial charge in [-0.05, 0) is 37.2 Å². The van der Waals surface area contributed by atoms with E-state index in [2.05, 4.69) is 40.1 Å². The molecule has 2 aliphatic rings. The van der Waals surface area contributed by atoms with Gasteiger partial charge in [0.2, 0.25) is 0 Å². The number of ether oxygens (including phenoxy) is 1. The second-order valence-electron chi connectivity index (χ2n) is 6.86. The minimum absolute atomic E-state index is 0.0840. The van der Waals surface area contributed by atoms with Gasteiger partial charge in [0.15, 0.2) is 6.73 Å². The van der Waals surface area contributed by atoms with Gasteiger partial charge in [0.1, 0.15) is 5.75 Å². The number of hydrogen-bond acceptors (Lipinski definition) is 4. The molecule has 0 aliphatic carbocycles. The van der Waals surface area contributed by atoms with Crippen LogP contribution in [0.4, 0.5) is 5.69 Å². The summed E-state index contributed by atoms with van der Waals surface area (Å²) in [5.41, 5.74) is 1.98. The van der Waals surface area contributed by atoms with Crippen LogP contribution in [0.1, 0.15) is 16.8 Å². The van der Waals surface area contributed by atoms with E-state index < -0.39 is 0 Å². The maximum absolute atomic E-state index is 12.5. The Hall–Kier alpha value is -2.53. The molecule has 0 atom stereocenters. The highest BCUT2D eigenvalue weighted by Gasteiger charge is 2.25. The summed E-state index contributed by atoms with van der Waals surface area (Å²) < 4.78 is 5.70. The predicted octanol–water partition coefficient (Wildman–Crippen LogP) is 2.69. The molecule has 0 bridgehead atoms. The molecule has 0 saturated carbocycles. The number of piperazine rings is 1. The van der Waals surface area contributed by atoms with Gasteiger partial charge >= 0.3 is 0 Å². The van der Waals surface area contributed by atoms with Gasteiger partial charge in [-0.15, -0.1) is 0 Å². The molecular formula is C21H25N3O2. The molecule has 1 fully saturated rings. The molecule has 5 heteroatoms. The van der Waals surface area contributed by atoms with Crippen molar-refractivity contribution in [3.05, 3.63) is 60.2 Å². The lowest BCUT2D eigenvalue weighted by Crippen LogP contribution is -2.47. The number of carbonyl (C=O) groups excluding carboxylic acids is 1. The third-order valence-electron chi connectivity index (χ3n) is 5.18. The number of hydrogen-bond donors (Lipinski definition) is 0. The Labute approximate surface area is 154 Å². The SMILES string of the molecule is O=C1c2ccccc2OCN1CCCN1CCN(c2ccccc2)CC1. The van der Waals surface area contributed by atoms with Crippen LogP contribution in [-0.4, -0.2) is 61.7 Å². The molecule has 2 aromatic rings. The van der Waals surface area contributed by atoms with Crippen molar-refractivity contribution in [2.45, 2.75) is 6.42 Å². The highest BCUT2D eigenvalue weighted by atomic mass is 16.5. The van der Waals surface area contributed by atoms with E-state index >= 15 is 0 Å². The van der Waals surface area contributed by atoms with Crippen molar-refractivity contribution in [1.29, 1.82) is 0 Å². The molecule has 26 heavy (non-hydrogen) atoms. The zero-order valence-electron chi connectivity index (χ0n) is 15.0. The lowest BCUT2D eigenvalue weighted by Gasteiger charge is -2.36. The van der Waals surface area contributed by atoms with Crippen LogP contribution in [0.5, 0.6) is 5.75 Å². The molecule has 2 aromatic carbocycles. The zero-order valence-corrected chi connectivity index (χ0v) is 15.0. The summed E-state index contributed by atoms with van der Waals surface area (Å²) >= 11 is 0. The number of fused-ring (bicyclic) bond motifs is 1. The third-order valence-corrected chi connectivity index (χ3v) is 5.18. The molecular weight excluding hydrogens is 326 g/mol. The summed E-state index contributed by atoms with van der Waals surface area (Å²) in [7, 11) is 0. The lowest BCUT2D eigenvalue weighted by atomic mass is 10.1. The van der Waals surface area contributed by atoms with Gasteiger partial charge in [-0.3, -0.25) is 9.69 Å². The van der Waals surface area contributed by atoms with E-state index in [-0.39, 0.29) is 5.91 Å². The van der Waals surface area contributed by atoms with Gasteiger partial charge in [-0.25, -0.2) is 0 Å². The largest absolute Gasteiger partial charge is 0.472 e. The smallest absolute Gasteiger partial charge is 0.260 e. The van der Waals surface area contributed by atoms with Crippen molar-refractivity contribution < 1.29 is 9.53 Å². The van der Waals surface area contributed by atoms with E-state index in [9.17, 15) is 4.79 Å². The Morgan fingerprint density at radius 1 is 0.846 bits per heavy atom. The molecule has 1 amide bonds. The minimum atomic E-state index is 0.0840. The average Bonchev–Trinajstić information content (AvgIpc) is 2.71. The van der Waals surface area contributed by atoms with Crippen molar-refractivity contribution in [3.8, 4) is 5.75 Å². The van der Waals surface area contributed by atoms with Crippen LogP contribution in [0.15, 0.2) is 54.6 Å². The topological polar surface area (TPSA) is 36.0 Å². The Morgan fingerprint density at radius 2 is 1.58 bits per heavy atom. The van der Waals surface area contributed by atoms with Gasteiger partial charge in [0.25, 0.3) is 5.91 Å². The molecule has 5 nitrogen and oxygen atoms in total. The Morgan fingerprint density at radius 3 is 2.38 bits per heavy atom. The fraction of sp³-hybridized carbons (Fsp3) is 0.381. The number of rotatable bonds is 5. The predicted molar refractivity (Wildman–Crippen MR) is 103 cm³/mol. The highest BCUT2D eigenvalue weighted by molar-refractivity contribution is 5.97. The molecule has 136 valence electrons. The summed E-state index contributed by atoms with van der Waals surface area (Å²) in [4.78, 5) is 19.3. The second kappa shape index (κ2) is 7.79. The Balaban J connectivity index is 1.22. The molecule has 0 radical (unpaired) electrons. The summed E-state index contributed by atoms with van der Waals surface area (Å²) in [5, 5.41) is 0. The monoisotopic (exact) mass is 351 g/mol. The van der Waals surface area contributed by atoms with E-state index in [0.717, 1.165) is 45.7 Å². The van der Waals surface area contributed by atoms with Crippen LogP contribution < -0.4 is 9.64 Å². The first-order valence-electron chi connectivity index (χ1n) is 9.35. The third kappa shape index (κ3) is 3.68. The van der Waals surface area contributed by atoms with Gasteiger partial charge in [0, 0.05) is 38.4 Å². The maximum atomic E-state index is 12.5. The van der Waals surface area contributed by atoms with Crippen LogP contribution >= 0.6 is 0 Å². The number of carbonyl (C=O) groups is 1. The first-order valence-corrected chi connectivity index (χ1v) is 9.35. The Bertz CT molecular complexity index is 742. The van der Waals surface area contributed by atoms with Crippen molar-refractivity contribution in [2.24, 2.45) is 0 Å². The van der Waals surface area contributed by atoms with E-state index in [0.29, 0.717) is 18.0 Å². The van der Waals surface area contributed by atoms with Crippen molar-refractivity contribution in [2.75, 3.05) is 50.9 Å². The van der Waals surface area contributed by atoms with Crippen molar-refractivity contribution in [1.82, 2.24) is 9.80 Å². The van der Waals surface area contributed by atoms with Crippen LogP contribution in [0, 0.1) is 0 Å². The zero-order chi connectivity index (χ0) is 17.8. The fourth-order valence-corrected chi connectivity index (χ4v) is 3.67. The van der Waals surface area contributed by atoms with E-state index in [4.69, 9.17) is 4.74 Å². The van der Waals surface area contributed by atoms with Crippen molar-refractivity contribution >= 4 is 11.6 Å². The van der Waals surface area contributed by atoms with E-state index in [1.165, 1.54) is 5.69 Å². The van der Waals surface area contributed by atoms with Gasteiger partial charge in [-0.1, -0.05) is 30.3 Å². The van der Waals surface area contributed by atoms with Gasteiger partial charge in [-0.2, -0.15) is 0 Å². The molecule has 2 heterocycles. The van der Waals surface area contributed by atoms with Crippen molar-refractivity contribution in [3.63, 3.8) is 0 Å². The average molecular weight is 351 g/mol. The number of para-hydroxylation sites is 2. The second-order valence-corrected chi connectivity index (χ2v) is 6.86. The minimum Gasteiger partial charge on any atom is -0.472 e. The van der Waals surface area contributed by atoms with Crippen LogP contribution in [0.25, 0.3) is 0 Å². The van der Waals surface area contributed by atoms with Crippen LogP contribution in [0.2, 0.25) is 0 Å². The highest BCUT2D eigenvalue weighted by Crippen LogP contribution is 2.24. The number of nitrogens with zero attached hydrogens (tertiary/aromatic N) is 3. The first kappa shape index (κ1) is 16.9. The van der Waals surface area contributed by atoms with Crippen LogP contribution in [0.3, 0.4) is 0 Å². The lowest BCUT2D eigenvalue weighted by molar-refractivity contribution is 0.0509. The molecule has 0 N–H and O–H groups in total. The molecule has 1 saturated heterocycles. The standard InChI is InChI=1S/C21H25N3O2/c25-21-19-9-4-5-10-20(19)26-17-24(21)12-6-11-22-13-15-23(16-14-22)18-7-2-1-3-8-18/h1-5,7-10H,6,11-17H2.